The van der Waals surface area contributed by atoms with Crippen LogP contribution in [0.15, 0.2) is 24.3 Å². The highest BCUT2D eigenvalue weighted by Gasteiger charge is 2.19. The Kier molecular flexibility index (Phi) is 5.31. The SMILES string of the molecule is CC(CC(=O)O)CC(=O)Nc1ccccc1C(C)(C)C. The van der Waals surface area contributed by atoms with Crippen LogP contribution in [0.4, 0.5) is 5.69 Å². The van der Waals surface area contributed by atoms with E-state index in [1.54, 1.807) is 6.92 Å². The summed E-state index contributed by atoms with van der Waals surface area (Å²) in [7, 11) is 0. The Morgan fingerprint density at radius 1 is 1.20 bits per heavy atom. The van der Waals surface area contributed by atoms with Crippen molar-refractivity contribution in [1.82, 2.24) is 0 Å². The summed E-state index contributed by atoms with van der Waals surface area (Å²) in [6.07, 6.45) is 0.221. The van der Waals surface area contributed by atoms with Gasteiger partial charge in [0.05, 0.1) is 0 Å². The van der Waals surface area contributed by atoms with E-state index in [-0.39, 0.29) is 30.1 Å². The van der Waals surface area contributed by atoms with Crippen LogP contribution in [0.3, 0.4) is 0 Å². The lowest BCUT2D eigenvalue weighted by Gasteiger charge is -2.23. The number of para-hydroxylation sites is 1. The minimum Gasteiger partial charge on any atom is -0.481 e. The number of carbonyl (C=O) groups excluding carboxylic acids is 1. The first-order valence-corrected chi connectivity index (χ1v) is 6.81. The Labute approximate surface area is 120 Å². The van der Waals surface area contributed by atoms with Crippen LogP contribution in [-0.4, -0.2) is 17.0 Å². The molecule has 1 atom stereocenters. The van der Waals surface area contributed by atoms with Gasteiger partial charge in [-0.25, -0.2) is 0 Å². The molecule has 0 aromatic heterocycles. The highest BCUT2D eigenvalue weighted by Crippen LogP contribution is 2.29. The number of rotatable bonds is 5. The first-order valence-electron chi connectivity index (χ1n) is 6.81. The molecule has 1 rings (SSSR count). The lowest BCUT2D eigenvalue weighted by atomic mass is 9.86. The number of benzene rings is 1. The van der Waals surface area contributed by atoms with E-state index in [0.717, 1.165) is 11.3 Å². The molecule has 2 N–H and O–H groups in total. The van der Waals surface area contributed by atoms with Crippen molar-refractivity contribution in [1.29, 1.82) is 0 Å². The van der Waals surface area contributed by atoms with Crippen molar-refractivity contribution in [2.45, 2.75) is 46.0 Å². The zero-order valence-corrected chi connectivity index (χ0v) is 12.6. The fourth-order valence-corrected chi connectivity index (χ4v) is 2.13. The lowest BCUT2D eigenvalue weighted by molar-refractivity contribution is -0.138. The quantitative estimate of drug-likeness (QED) is 0.866. The molecule has 110 valence electrons. The van der Waals surface area contributed by atoms with E-state index in [9.17, 15) is 9.59 Å². The predicted octanol–water partition coefficient (Wildman–Crippen LogP) is 3.42. The fraction of sp³-hybridized carbons (Fsp3) is 0.500. The topological polar surface area (TPSA) is 66.4 Å². The van der Waals surface area contributed by atoms with E-state index >= 15 is 0 Å². The Bertz CT molecular complexity index is 489. The molecular weight excluding hydrogens is 254 g/mol. The third-order valence-electron chi connectivity index (χ3n) is 3.07. The van der Waals surface area contributed by atoms with Gasteiger partial charge in [0.1, 0.15) is 0 Å². The Morgan fingerprint density at radius 3 is 2.35 bits per heavy atom. The third-order valence-corrected chi connectivity index (χ3v) is 3.07. The van der Waals surface area contributed by atoms with Gasteiger partial charge in [-0.15, -0.1) is 0 Å². The second-order valence-corrected chi connectivity index (χ2v) is 6.25. The molecule has 0 aliphatic heterocycles. The highest BCUT2D eigenvalue weighted by atomic mass is 16.4. The summed E-state index contributed by atoms with van der Waals surface area (Å²) in [5.74, 6) is -1.19. The molecule has 0 fully saturated rings. The van der Waals surface area contributed by atoms with Gasteiger partial charge in [-0.1, -0.05) is 45.9 Å². The molecule has 0 saturated heterocycles. The number of nitrogens with one attached hydrogen (secondary N) is 1. The van der Waals surface area contributed by atoms with Crippen molar-refractivity contribution < 1.29 is 14.7 Å². The van der Waals surface area contributed by atoms with Crippen LogP contribution in [0, 0.1) is 5.92 Å². The van der Waals surface area contributed by atoms with Gasteiger partial charge in [-0.3, -0.25) is 9.59 Å². The second-order valence-electron chi connectivity index (χ2n) is 6.25. The third kappa shape index (κ3) is 5.03. The summed E-state index contributed by atoms with van der Waals surface area (Å²) in [6.45, 7) is 8.03. The van der Waals surface area contributed by atoms with Gasteiger partial charge < -0.3 is 10.4 Å². The van der Waals surface area contributed by atoms with Gasteiger partial charge in [0, 0.05) is 18.5 Å². The Morgan fingerprint density at radius 2 is 1.80 bits per heavy atom. The van der Waals surface area contributed by atoms with Crippen molar-refractivity contribution in [3.8, 4) is 0 Å². The fourth-order valence-electron chi connectivity index (χ4n) is 2.13. The van der Waals surface area contributed by atoms with Crippen molar-refractivity contribution in [2.75, 3.05) is 5.32 Å². The number of amides is 1. The normalized spacial score (nSPS) is 12.8. The van der Waals surface area contributed by atoms with Crippen LogP contribution in [0.5, 0.6) is 0 Å². The molecule has 0 aliphatic rings. The summed E-state index contributed by atoms with van der Waals surface area (Å²) >= 11 is 0. The van der Waals surface area contributed by atoms with E-state index in [4.69, 9.17) is 5.11 Å². The van der Waals surface area contributed by atoms with Crippen LogP contribution in [0.1, 0.15) is 46.1 Å². The van der Waals surface area contributed by atoms with Crippen molar-refractivity contribution in [3.05, 3.63) is 29.8 Å². The van der Waals surface area contributed by atoms with Gasteiger partial charge >= 0.3 is 5.97 Å². The Balaban J connectivity index is 2.74. The maximum atomic E-state index is 12.0. The summed E-state index contributed by atoms with van der Waals surface area (Å²) < 4.78 is 0. The molecule has 0 heterocycles. The molecule has 1 aromatic carbocycles. The molecule has 0 bridgehead atoms. The molecular formula is C16H23NO3. The first kappa shape index (κ1) is 16.2. The molecule has 0 radical (unpaired) electrons. The average molecular weight is 277 g/mol. The van der Waals surface area contributed by atoms with Crippen LogP contribution in [0.25, 0.3) is 0 Å². The van der Waals surface area contributed by atoms with Gasteiger partial charge in [0.25, 0.3) is 0 Å². The molecule has 20 heavy (non-hydrogen) atoms. The van der Waals surface area contributed by atoms with Crippen LogP contribution >= 0.6 is 0 Å². The molecule has 1 aromatic rings. The maximum Gasteiger partial charge on any atom is 0.303 e. The molecule has 0 saturated carbocycles. The average Bonchev–Trinajstić information content (AvgIpc) is 2.26. The van der Waals surface area contributed by atoms with Gasteiger partial charge in [0.2, 0.25) is 5.91 Å². The zero-order chi connectivity index (χ0) is 15.3. The number of carboxylic acid groups (broad SMARTS) is 1. The van der Waals surface area contributed by atoms with Gasteiger partial charge in [-0.05, 0) is 23.0 Å². The van der Waals surface area contributed by atoms with Crippen LogP contribution < -0.4 is 5.32 Å². The number of aliphatic carboxylic acids is 1. The lowest BCUT2D eigenvalue weighted by Crippen LogP contribution is -2.20. The minimum atomic E-state index is -0.875. The first-order chi connectivity index (χ1) is 9.20. The largest absolute Gasteiger partial charge is 0.481 e. The molecule has 1 unspecified atom stereocenters. The minimum absolute atomic E-state index is 0.00827. The maximum absolute atomic E-state index is 12.0. The predicted molar refractivity (Wildman–Crippen MR) is 79.8 cm³/mol. The summed E-state index contributed by atoms with van der Waals surface area (Å²) in [5, 5.41) is 11.6. The number of hydrogen-bond donors (Lipinski definition) is 2. The monoisotopic (exact) mass is 277 g/mol. The molecule has 4 heteroatoms. The van der Waals surface area contributed by atoms with Crippen molar-refractivity contribution >= 4 is 17.6 Å². The second kappa shape index (κ2) is 6.55. The van der Waals surface area contributed by atoms with E-state index in [1.165, 1.54) is 0 Å². The van der Waals surface area contributed by atoms with Crippen molar-refractivity contribution in [2.24, 2.45) is 5.92 Å². The summed E-state index contributed by atoms with van der Waals surface area (Å²) in [5.41, 5.74) is 1.81. The van der Waals surface area contributed by atoms with E-state index < -0.39 is 5.97 Å². The smallest absolute Gasteiger partial charge is 0.303 e. The summed E-state index contributed by atoms with van der Waals surface area (Å²) in [6, 6.07) is 7.70. The molecule has 1 amide bonds. The molecule has 0 aliphatic carbocycles. The van der Waals surface area contributed by atoms with Crippen molar-refractivity contribution in [3.63, 3.8) is 0 Å². The van der Waals surface area contributed by atoms with Gasteiger partial charge in [-0.2, -0.15) is 0 Å². The van der Waals surface area contributed by atoms with Gasteiger partial charge in [0.15, 0.2) is 0 Å². The van der Waals surface area contributed by atoms with E-state index in [1.807, 2.05) is 24.3 Å². The summed E-state index contributed by atoms with van der Waals surface area (Å²) in [4.78, 5) is 22.6. The van der Waals surface area contributed by atoms with E-state index in [0.29, 0.717) is 0 Å². The highest BCUT2D eigenvalue weighted by molar-refractivity contribution is 5.92. The number of hydrogen-bond acceptors (Lipinski definition) is 2. The molecule has 4 nitrogen and oxygen atoms in total. The standard InChI is InChI=1S/C16H23NO3/c1-11(10-15(19)20)9-14(18)17-13-8-6-5-7-12(13)16(2,3)4/h5-8,11H,9-10H2,1-4H3,(H,17,18)(H,19,20). The van der Waals surface area contributed by atoms with Crippen LogP contribution in [0.2, 0.25) is 0 Å². The van der Waals surface area contributed by atoms with E-state index in [2.05, 4.69) is 26.1 Å². The number of anilines is 1. The number of carbonyl (C=O) groups is 2. The zero-order valence-electron chi connectivity index (χ0n) is 12.6. The molecule has 0 spiro atoms. The number of carboxylic acids is 1. The Hall–Kier alpha value is -1.84. The van der Waals surface area contributed by atoms with Crippen LogP contribution in [-0.2, 0) is 15.0 Å².